The van der Waals surface area contributed by atoms with Gasteiger partial charge in [-0.05, 0) is 70.0 Å². The topological polar surface area (TPSA) is 15.3 Å². The summed E-state index contributed by atoms with van der Waals surface area (Å²) in [6, 6.07) is 0.752. The van der Waals surface area contributed by atoms with Gasteiger partial charge in [0.2, 0.25) is 0 Å². The average Bonchev–Trinajstić information content (AvgIpc) is 2.99. The third kappa shape index (κ3) is 3.38. The zero-order valence-electron chi connectivity index (χ0n) is 16.0. The van der Waals surface area contributed by atoms with Gasteiger partial charge in [-0.15, -0.1) is 0 Å². The molecule has 130 valence electrons. The highest BCUT2D eigenvalue weighted by molar-refractivity contribution is 6.76. The Morgan fingerprint density at radius 1 is 1.00 bits per heavy atom. The Morgan fingerprint density at radius 3 is 2.13 bits per heavy atom. The molecule has 0 amide bonds. The molecule has 3 rings (SSSR count). The van der Waals surface area contributed by atoms with E-state index < -0.39 is 8.24 Å². The second kappa shape index (κ2) is 6.16. The summed E-state index contributed by atoms with van der Waals surface area (Å²) in [4.78, 5) is 6.89. The molecule has 0 spiro atoms. The van der Waals surface area contributed by atoms with Gasteiger partial charge in [0, 0.05) is 11.6 Å². The van der Waals surface area contributed by atoms with Crippen molar-refractivity contribution >= 4 is 8.24 Å². The SMILES string of the molecule is CC1C(N2CCCC2)C2C=CC=CC2C1[Si](C)(C)NC(C)(C)C. The molecule has 2 fully saturated rings. The van der Waals surface area contributed by atoms with Gasteiger partial charge in [-0.2, -0.15) is 0 Å². The molecule has 0 radical (unpaired) electrons. The molecule has 0 bridgehead atoms. The molecule has 0 aromatic heterocycles. The van der Waals surface area contributed by atoms with Crippen LogP contribution in [0.25, 0.3) is 0 Å². The first-order valence-corrected chi connectivity index (χ1v) is 12.7. The number of hydrogen-bond donors (Lipinski definition) is 1. The first-order chi connectivity index (χ1) is 10.7. The maximum Gasteiger partial charge on any atom is 0.123 e. The number of allylic oxidation sites excluding steroid dienone is 3. The molecule has 23 heavy (non-hydrogen) atoms. The first-order valence-electron chi connectivity index (χ1n) is 9.59. The molecule has 1 heterocycles. The lowest BCUT2D eigenvalue weighted by molar-refractivity contribution is 0.176. The number of nitrogens with one attached hydrogen (secondary N) is 1. The van der Waals surface area contributed by atoms with E-state index in [1.54, 1.807) is 0 Å². The summed E-state index contributed by atoms with van der Waals surface area (Å²) < 4.78 is 0. The van der Waals surface area contributed by atoms with Crippen molar-refractivity contribution in [1.82, 2.24) is 9.88 Å². The molecule has 5 atom stereocenters. The van der Waals surface area contributed by atoms with Crippen LogP contribution in [-0.2, 0) is 0 Å². The Kier molecular flexibility index (Phi) is 4.67. The molecule has 2 aliphatic carbocycles. The molecule has 1 saturated heterocycles. The summed E-state index contributed by atoms with van der Waals surface area (Å²) in [5, 5.41) is 0. The van der Waals surface area contributed by atoms with E-state index in [1.165, 1.54) is 25.9 Å². The largest absolute Gasteiger partial charge is 0.332 e. The van der Waals surface area contributed by atoms with E-state index in [-0.39, 0.29) is 5.54 Å². The van der Waals surface area contributed by atoms with Crippen molar-refractivity contribution < 1.29 is 0 Å². The van der Waals surface area contributed by atoms with Gasteiger partial charge < -0.3 is 4.98 Å². The summed E-state index contributed by atoms with van der Waals surface area (Å²) in [7, 11) is -1.53. The monoisotopic (exact) mass is 332 g/mol. The highest BCUT2D eigenvalue weighted by atomic mass is 28.3. The molecular formula is C20H36N2Si. The summed E-state index contributed by atoms with van der Waals surface area (Å²) in [6.07, 6.45) is 12.4. The van der Waals surface area contributed by atoms with Gasteiger partial charge in [-0.3, -0.25) is 4.90 Å². The van der Waals surface area contributed by atoms with Gasteiger partial charge in [0.05, 0.1) is 0 Å². The average molecular weight is 333 g/mol. The summed E-state index contributed by atoms with van der Waals surface area (Å²) in [5.74, 6) is 2.25. The van der Waals surface area contributed by atoms with Crippen LogP contribution in [0.3, 0.4) is 0 Å². The fourth-order valence-corrected chi connectivity index (χ4v) is 11.0. The molecule has 3 aliphatic rings. The van der Waals surface area contributed by atoms with Gasteiger partial charge in [-0.1, -0.05) is 44.3 Å². The Bertz CT molecular complexity index is 482. The van der Waals surface area contributed by atoms with E-state index in [4.69, 9.17) is 0 Å². The van der Waals surface area contributed by atoms with Gasteiger partial charge in [0.1, 0.15) is 8.24 Å². The summed E-state index contributed by atoms with van der Waals surface area (Å²) >= 11 is 0. The predicted octanol–water partition coefficient (Wildman–Crippen LogP) is 4.42. The van der Waals surface area contributed by atoms with Crippen LogP contribution in [-0.4, -0.2) is 37.8 Å². The molecule has 0 aromatic rings. The number of rotatable bonds is 3. The normalized spacial score (nSPS) is 38.3. The third-order valence-electron chi connectivity index (χ3n) is 6.23. The van der Waals surface area contributed by atoms with Crippen LogP contribution in [0.4, 0.5) is 0 Å². The molecule has 1 saturated carbocycles. The number of hydrogen-bond acceptors (Lipinski definition) is 2. The second-order valence-corrected chi connectivity index (χ2v) is 14.0. The molecule has 3 heteroatoms. The Morgan fingerprint density at radius 2 is 1.57 bits per heavy atom. The van der Waals surface area contributed by atoms with Crippen molar-refractivity contribution in [3.8, 4) is 0 Å². The van der Waals surface area contributed by atoms with Crippen LogP contribution in [0, 0.1) is 17.8 Å². The van der Waals surface area contributed by atoms with E-state index in [9.17, 15) is 0 Å². The minimum absolute atomic E-state index is 0.213. The Hall–Kier alpha value is -0.383. The Balaban J connectivity index is 1.90. The standard InChI is InChI=1S/C20H36N2Si/c1-15-18(22-13-9-10-14-22)16-11-7-8-12-17(16)19(15)23(5,6)21-20(2,3)4/h7-8,11-12,15-19,21H,9-10,13-14H2,1-6H3. The lowest BCUT2D eigenvalue weighted by atomic mass is 9.89. The van der Waals surface area contributed by atoms with Crippen LogP contribution < -0.4 is 4.98 Å². The van der Waals surface area contributed by atoms with Gasteiger partial charge >= 0.3 is 0 Å². The molecule has 5 unspecified atom stereocenters. The van der Waals surface area contributed by atoms with E-state index in [0.717, 1.165) is 29.3 Å². The van der Waals surface area contributed by atoms with Crippen molar-refractivity contribution in [3.05, 3.63) is 24.3 Å². The molecule has 1 N–H and O–H groups in total. The molecule has 1 aliphatic heterocycles. The fraction of sp³-hybridized carbons (Fsp3) is 0.800. The maximum absolute atomic E-state index is 4.07. The van der Waals surface area contributed by atoms with Gasteiger partial charge in [-0.25, -0.2) is 0 Å². The van der Waals surface area contributed by atoms with E-state index in [1.807, 2.05) is 0 Å². The number of likely N-dealkylation sites (tertiary alicyclic amines) is 1. The zero-order chi connectivity index (χ0) is 16.8. The number of fused-ring (bicyclic) bond motifs is 1. The maximum atomic E-state index is 4.07. The van der Waals surface area contributed by atoms with Crippen LogP contribution in [0.2, 0.25) is 18.6 Å². The minimum atomic E-state index is -1.53. The smallest absolute Gasteiger partial charge is 0.123 e. The van der Waals surface area contributed by atoms with E-state index >= 15 is 0 Å². The highest BCUT2D eigenvalue weighted by Gasteiger charge is 2.55. The van der Waals surface area contributed by atoms with Crippen LogP contribution in [0.1, 0.15) is 40.5 Å². The van der Waals surface area contributed by atoms with Gasteiger partial charge in [0.15, 0.2) is 0 Å². The first kappa shape index (κ1) is 17.4. The second-order valence-electron chi connectivity index (χ2n) is 9.64. The molecule has 2 nitrogen and oxygen atoms in total. The third-order valence-corrected chi connectivity index (χ3v) is 10.2. The molecule has 0 aromatic carbocycles. The quantitative estimate of drug-likeness (QED) is 0.770. The van der Waals surface area contributed by atoms with E-state index in [0.29, 0.717) is 0 Å². The zero-order valence-corrected chi connectivity index (χ0v) is 17.0. The van der Waals surface area contributed by atoms with Crippen LogP contribution in [0.15, 0.2) is 24.3 Å². The summed E-state index contributed by atoms with van der Waals surface area (Å²) in [5.41, 5.74) is 1.03. The van der Waals surface area contributed by atoms with Crippen molar-refractivity contribution in [2.45, 2.75) is 70.8 Å². The van der Waals surface area contributed by atoms with Crippen LogP contribution in [0.5, 0.6) is 0 Å². The fourth-order valence-electron chi connectivity index (χ4n) is 6.06. The van der Waals surface area contributed by atoms with Crippen LogP contribution >= 0.6 is 0 Å². The van der Waals surface area contributed by atoms with Gasteiger partial charge in [0.25, 0.3) is 0 Å². The number of nitrogens with zero attached hydrogens (tertiary/aromatic N) is 1. The highest BCUT2D eigenvalue weighted by Crippen LogP contribution is 2.54. The van der Waals surface area contributed by atoms with Crippen molar-refractivity contribution in [2.75, 3.05) is 13.1 Å². The summed E-state index contributed by atoms with van der Waals surface area (Å²) in [6.45, 7) is 17.3. The van der Waals surface area contributed by atoms with Crippen molar-refractivity contribution in [1.29, 1.82) is 0 Å². The van der Waals surface area contributed by atoms with Crippen molar-refractivity contribution in [2.24, 2.45) is 17.8 Å². The van der Waals surface area contributed by atoms with Crippen molar-refractivity contribution in [3.63, 3.8) is 0 Å². The molecular weight excluding hydrogens is 296 g/mol. The minimum Gasteiger partial charge on any atom is -0.332 e. The lowest BCUT2D eigenvalue weighted by Gasteiger charge is -2.42. The Labute approximate surface area is 144 Å². The predicted molar refractivity (Wildman–Crippen MR) is 103 cm³/mol. The van der Waals surface area contributed by atoms with E-state index in [2.05, 4.69) is 75.0 Å². The lowest BCUT2D eigenvalue weighted by Crippen LogP contribution is -2.59.